The van der Waals surface area contributed by atoms with Crippen LogP contribution < -0.4 is 0 Å². The number of allylic oxidation sites excluding steroid dienone is 1. The van der Waals surface area contributed by atoms with E-state index in [-0.39, 0.29) is 6.42 Å². The van der Waals surface area contributed by atoms with Gasteiger partial charge in [-0.2, -0.15) is 0 Å². The van der Waals surface area contributed by atoms with Crippen LogP contribution in [0.25, 0.3) is 0 Å². The van der Waals surface area contributed by atoms with Gasteiger partial charge in [0.15, 0.2) is 0 Å². The number of carbonyl (C=O) groups is 1. The van der Waals surface area contributed by atoms with E-state index in [2.05, 4.69) is 0 Å². The predicted molar refractivity (Wildman–Crippen MR) is 34.8 cm³/mol. The molecule has 0 heterocycles. The number of hydrogen-bond donors (Lipinski definition) is 3. The van der Waals surface area contributed by atoms with Gasteiger partial charge in [0.25, 0.3) is 0 Å². The number of aliphatic hydroxyl groups excluding tert-OH is 2. The van der Waals surface area contributed by atoms with Gasteiger partial charge in [0.2, 0.25) is 5.76 Å². The lowest BCUT2D eigenvalue weighted by Gasteiger charge is -1.97. The van der Waals surface area contributed by atoms with Crippen LogP contribution in [0, 0.1) is 0 Å². The number of carboxylic acid groups (broad SMARTS) is 1. The molecule has 0 saturated heterocycles. The van der Waals surface area contributed by atoms with E-state index in [4.69, 9.17) is 15.3 Å². The average molecular weight is 146 g/mol. The van der Waals surface area contributed by atoms with Gasteiger partial charge in [-0.1, -0.05) is 6.92 Å². The van der Waals surface area contributed by atoms with Crippen LogP contribution in [0.3, 0.4) is 0 Å². The fraction of sp³-hybridized carbons (Fsp3) is 0.500. The maximum Gasteiger partial charge on any atom is 0.374 e. The van der Waals surface area contributed by atoms with Gasteiger partial charge in [-0.25, -0.2) is 4.79 Å². The van der Waals surface area contributed by atoms with Gasteiger partial charge in [-0.05, 0) is 6.42 Å². The zero-order valence-corrected chi connectivity index (χ0v) is 5.66. The molecule has 4 heteroatoms. The lowest BCUT2D eigenvalue weighted by Crippen LogP contribution is -2.03. The number of aliphatic hydroxyl groups is 2. The van der Waals surface area contributed by atoms with Crippen LogP contribution >= 0.6 is 0 Å². The molecule has 0 radical (unpaired) electrons. The zero-order chi connectivity index (χ0) is 8.15. The highest BCUT2D eigenvalue weighted by Gasteiger charge is 2.09. The van der Waals surface area contributed by atoms with Crippen molar-refractivity contribution in [3.8, 4) is 0 Å². The molecule has 10 heavy (non-hydrogen) atoms. The third kappa shape index (κ3) is 2.39. The number of hydrogen-bond acceptors (Lipinski definition) is 3. The fourth-order valence-corrected chi connectivity index (χ4v) is 0.479. The fourth-order valence-electron chi connectivity index (χ4n) is 0.479. The van der Waals surface area contributed by atoms with Crippen molar-refractivity contribution in [2.75, 3.05) is 0 Å². The topological polar surface area (TPSA) is 77.8 Å². The molecule has 58 valence electrons. The van der Waals surface area contributed by atoms with Crippen LogP contribution in [0.1, 0.15) is 19.8 Å². The summed E-state index contributed by atoms with van der Waals surface area (Å²) in [6.45, 7) is 1.77. The molecule has 0 aromatic carbocycles. The molecule has 0 aliphatic rings. The van der Waals surface area contributed by atoms with E-state index in [1.807, 2.05) is 0 Å². The Kier molecular flexibility index (Phi) is 3.32. The Hall–Kier alpha value is -1.19. The van der Waals surface area contributed by atoms with E-state index < -0.39 is 17.5 Å². The summed E-state index contributed by atoms with van der Waals surface area (Å²) in [6.07, 6.45) is 0.793. The van der Waals surface area contributed by atoms with Crippen LogP contribution in [-0.4, -0.2) is 21.3 Å². The molecule has 0 rings (SSSR count). The van der Waals surface area contributed by atoms with Crippen molar-refractivity contribution in [2.24, 2.45) is 0 Å². The van der Waals surface area contributed by atoms with Crippen molar-refractivity contribution in [3.63, 3.8) is 0 Å². The Bertz CT molecular complexity index is 159. The minimum absolute atomic E-state index is 0.193. The third-order valence-corrected chi connectivity index (χ3v) is 0.963. The molecule has 0 unspecified atom stereocenters. The highest BCUT2D eigenvalue weighted by atomic mass is 16.4. The van der Waals surface area contributed by atoms with Crippen LogP contribution in [0.4, 0.5) is 0 Å². The first-order valence-electron chi connectivity index (χ1n) is 2.94. The molecule has 3 N–H and O–H groups in total. The van der Waals surface area contributed by atoms with Crippen molar-refractivity contribution in [1.29, 1.82) is 0 Å². The smallest absolute Gasteiger partial charge is 0.374 e. The van der Waals surface area contributed by atoms with Crippen molar-refractivity contribution in [1.82, 2.24) is 0 Å². The predicted octanol–water partition coefficient (Wildman–Crippen LogP) is 1.20. The first-order valence-corrected chi connectivity index (χ1v) is 2.94. The molecular weight excluding hydrogens is 136 g/mol. The Morgan fingerprint density at radius 1 is 1.30 bits per heavy atom. The molecule has 0 fully saturated rings. The van der Waals surface area contributed by atoms with Gasteiger partial charge < -0.3 is 15.3 Å². The van der Waals surface area contributed by atoms with E-state index >= 15 is 0 Å². The number of carboxylic acids is 1. The maximum atomic E-state index is 9.95. The summed E-state index contributed by atoms with van der Waals surface area (Å²) in [5.74, 6) is -2.91. The molecule has 0 aliphatic heterocycles. The first kappa shape index (κ1) is 8.81. The molecule has 4 nitrogen and oxygen atoms in total. The summed E-state index contributed by atoms with van der Waals surface area (Å²) in [5.41, 5.74) is 0. The average Bonchev–Trinajstić information content (AvgIpc) is 1.87. The van der Waals surface area contributed by atoms with Crippen molar-refractivity contribution in [2.45, 2.75) is 19.8 Å². The van der Waals surface area contributed by atoms with E-state index in [9.17, 15) is 4.79 Å². The molecule has 0 amide bonds. The van der Waals surface area contributed by atoms with E-state index in [1.54, 1.807) is 6.92 Å². The van der Waals surface area contributed by atoms with Gasteiger partial charge in [0.05, 0.1) is 0 Å². The van der Waals surface area contributed by atoms with Gasteiger partial charge in [0.1, 0.15) is 5.76 Å². The van der Waals surface area contributed by atoms with Crippen LogP contribution in [0.5, 0.6) is 0 Å². The second kappa shape index (κ2) is 3.76. The summed E-state index contributed by atoms with van der Waals surface area (Å²) < 4.78 is 0. The number of aliphatic carboxylic acids is 1. The molecule has 0 bridgehead atoms. The Morgan fingerprint density at radius 2 is 1.80 bits per heavy atom. The second-order valence-corrected chi connectivity index (χ2v) is 1.85. The van der Waals surface area contributed by atoms with E-state index in [1.165, 1.54) is 0 Å². The first-order chi connectivity index (χ1) is 4.59. The van der Waals surface area contributed by atoms with E-state index in [0.29, 0.717) is 6.42 Å². The third-order valence-electron chi connectivity index (χ3n) is 0.963. The van der Waals surface area contributed by atoms with E-state index in [0.717, 1.165) is 0 Å². The van der Waals surface area contributed by atoms with Gasteiger partial charge >= 0.3 is 5.97 Å². The SMILES string of the molecule is CCC/C(O)=C(/O)C(=O)O. The lowest BCUT2D eigenvalue weighted by atomic mass is 10.2. The van der Waals surface area contributed by atoms with Crippen LogP contribution in [-0.2, 0) is 4.79 Å². The quantitative estimate of drug-likeness (QED) is 0.413. The Morgan fingerprint density at radius 3 is 2.10 bits per heavy atom. The minimum atomic E-state index is -1.49. The van der Waals surface area contributed by atoms with Crippen LogP contribution in [0.2, 0.25) is 0 Å². The second-order valence-electron chi connectivity index (χ2n) is 1.85. The minimum Gasteiger partial charge on any atom is -0.508 e. The van der Waals surface area contributed by atoms with Crippen LogP contribution in [0.15, 0.2) is 11.5 Å². The zero-order valence-electron chi connectivity index (χ0n) is 5.66. The molecule has 0 aromatic rings. The number of rotatable bonds is 3. The highest BCUT2D eigenvalue weighted by molar-refractivity contribution is 5.84. The molecule has 0 saturated carbocycles. The molecule has 0 aliphatic carbocycles. The normalized spacial score (nSPS) is 12.5. The summed E-state index contributed by atoms with van der Waals surface area (Å²) >= 11 is 0. The van der Waals surface area contributed by atoms with Gasteiger partial charge in [-0.3, -0.25) is 0 Å². The summed E-state index contributed by atoms with van der Waals surface area (Å²) in [6, 6.07) is 0. The molecule has 0 atom stereocenters. The summed E-state index contributed by atoms with van der Waals surface area (Å²) in [5, 5.41) is 25.4. The summed E-state index contributed by atoms with van der Waals surface area (Å²) in [7, 11) is 0. The van der Waals surface area contributed by atoms with Crippen molar-refractivity contribution >= 4 is 5.97 Å². The summed E-state index contributed by atoms with van der Waals surface area (Å²) in [4.78, 5) is 9.95. The maximum absolute atomic E-state index is 9.95. The van der Waals surface area contributed by atoms with Gasteiger partial charge in [0, 0.05) is 6.42 Å². The van der Waals surface area contributed by atoms with Crippen molar-refractivity contribution in [3.05, 3.63) is 11.5 Å². The van der Waals surface area contributed by atoms with Crippen molar-refractivity contribution < 1.29 is 20.1 Å². The lowest BCUT2D eigenvalue weighted by molar-refractivity contribution is -0.135. The largest absolute Gasteiger partial charge is 0.508 e. The standard InChI is InChI=1S/C6H10O4/c1-2-3-4(7)5(8)6(9)10/h7-8H,2-3H2,1H3,(H,9,10)/b5-4-. The molecular formula is C6H10O4. The highest BCUT2D eigenvalue weighted by Crippen LogP contribution is 2.04. The monoisotopic (exact) mass is 146 g/mol. The van der Waals surface area contributed by atoms with Gasteiger partial charge in [-0.15, -0.1) is 0 Å². The molecule has 0 aromatic heterocycles. The molecule has 0 spiro atoms. The Labute approximate surface area is 58.4 Å². The Balaban J connectivity index is 4.19.